The monoisotopic (exact) mass is 288 g/mol. The maximum absolute atomic E-state index is 12.3. The van der Waals surface area contributed by atoms with Crippen LogP contribution >= 0.6 is 0 Å². The molecule has 114 valence electrons. The predicted octanol–water partition coefficient (Wildman–Crippen LogP) is 2.41. The van der Waals surface area contributed by atoms with Crippen molar-refractivity contribution in [3.05, 3.63) is 46.9 Å². The van der Waals surface area contributed by atoms with Crippen molar-refractivity contribution in [2.24, 2.45) is 0 Å². The van der Waals surface area contributed by atoms with E-state index in [1.54, 1.807) is 4.57 Å². The van der Waals surface area contributed by atoms with Crippen LogP contribution in [0.15, 0.2) is 41.3 Å². The first-order valence-electron chi connectivity index (χ1n) is 7.69. The number of nitrogens with zero attached hydrogens (tertiary/aromatic N) is 1. The Morgan fingerprint density at radius 1 is 1.14 bits per heavy atom. The van der Waals surface area contributed by atoms with Crippen LogP contribution < -0.4 is 10.9 Å². The average Bonchev–Trinajstić information content (AvgIpc) is 2.52. The lowest BCUT2D eigenvalue weighted by Crippen LogP contribution is -2.27. The van der Waals surface area contributed by atoms with Crippen molar-refractivity contribution in [3.63, 3.8) is 0 Å². The minimum absolute atomic E-state index is 0.0891. The Bertz CT molecular complexity index is 607. The summed E-state index contributed by atoms with van der Waals surface area (Å²) >= 11 is 0. The van der Waals surface area contributed by atoms with E-state index in [0.717, 1.165) is 49.9 Å². The highest BCUT2D eigenvalue weighted by Crippen LogP contribution is 2.07. The van der Waals surface area contributed by atoms with Gasteiger partial charge in [-0.1, -0.05) is 18.2 Å². The summed E-state index contributed by atoms with van der Waals surface area (Å²) < 4.78 is 7.07. The third kappa shape index (κ3) is 4.69. The van der Waals surface area contributed by atoms with Crippen molar-refractivity contribution in [2.75, 3.05) is 26.3 Å². The zero-order chi connectivity index (χ0) is 14.9. The van der Waals surface area contributed by atoms with E-state index in [9.17, 15) is 4.79 Å². The first kappa shape index (κ1) is 15.7. The van der Waals surface area contributed by atoms with Gasteiger partial charge in [-0.2, -0.15) is 0 Å². The molecule has 0 aliphatic heterocycles. The van der Waals surface area contributed by atoms with E-state index in [1.807, 2.05) is 43.5 Å². The number of pyridine rings is 1. The van der Waals surface area contributed by atoms with Gasteiger partial charge >= 0.3 is 0 Å². The van der Waals surface area contributed by atoms with E-state index in [0.29, 0.717) is 6.54 Å². The first-order chi connectivity index (χ1) is 10.3. The summed E-state index contributed by atoms with van der Waals surface area (Å²) in [4.78, 5) is 12.3. The average molecular weight is 288 g/mol. The van der Waals surface area contributed by atoms with E-state index in [1.165, 1.54) is 0 Å². The largest absolute Gasteiger partial charge is 0.382 e. The van der Waals surface area contributed by atoms with Crippen LogP contribution in [0.3, 0.4) is 0 Å². The first-order valence-corrected chi connectivity index (χ1v) is 7.69. The number of fused-ring (bicyclic) bond motifs is 1. The quantitative estimate of drug-likeness (QED) is 0.721. The van der Waals surface area contributed by atoms with Gasteiger partial charge in [-0.15, -0.1) is 0 Å². The molecule has 1 heterocycles. The molecule has 0 saturated heterocycles. The van der Waals surface area contributed by atoms with Crippen molar-refractivity contribution >= 4 is 10.8 Å². The van der Waals surface area contributed by atoms with Gasteiger partial charge in [-0.25, -0.2) is 0 Å². The zero-order valence-corrected chi connectivity index (χ0v) is 12.7. The second kappa shape index (κ2) is 8.60. The summed E-state index contributed by atoms with van der Waals surface area (Å²) in [6.07, 6.45) is 4.06. The molecule has 2 rings (SSSR count). The van der Waals surface area contributed by atoms with Crippen LogP contribution in [0.25, 0.3) is 10.8 Å². The van der Waals surface area contributed by atoms with Crippen molar-refractivity contribution < 1.29 is 4.74 Å². The molecular weight excluding hydrogens is 264 g/mol. The van der Waals surface area contributed by atoms with Crippen LogP contribution in [-0.4, -0.2) is 30.9 Å². The number of hydrogen-bond acceptors (Lipinski definition) is 3. The van der Waals surface area contributed by atoms with Gasteiger partial charge in [0.2, 0.25) is 0 Å². The predicted molar refractivity (Wildman–Crippen MR) is 86.8 cm³/mol. The third-order valence-corrected chi connectivity index (χ3v) is 3.51. The van der Waals surface area contributed by atoms with Gasteiger partial charge in [0.1, 0.15) is 0 Å². The molecule has 2 aromatic rings. The van der Waals surface area contributed by atoms with Crippen LogP contribution in [0.2, 0.25) is 0 Å². The summed E-state index contributed by atoms with van der Waals surface area (Å²) in [6.45, 7) is 6.12. The molecule has 0 fully saturated rings. The lowest BCUT2D eigenvalue weighted by molar-refractivity contribution is 0.143. The van der Waals surface area contributed by atoms with E-state index < -0.39 is 0 Å². The third-order valence-electron chi connectivity index (χ3n) is 3.51. The number of benzene rings is 1. The molecular formula is C17H24N2O2. The second-order valence-corrected chi connectivity index (χ2v) is 5.06. The number of hydrogen-bond donors (Lipinski definition) is 1. The van der Waals surface area contributed by atoms with Crippen molar-refractivity contribution in [2.45, 2.75) is 26.3 Å². The van der Waals surface area contributed by atoms with Gasteiger partial charge in [0.05, 0.1) is 0 Å². The Kier molecular flexibility index (Phi) is 6.44. The molecule has 0 aliphatic rings. The molecule has 4 heteroatoms. The van der Waals surface area contributed by atoms with Gasteiger partial charge in [-0.3, -0.25) is 4.79 Å². The minimum atomic E-state index is 0.0891. The molecule has 0 spiro atoms. The Hall–Kier alpha value is -1.65. The number of nitrogens with one attached hydrogen (secondary N) is 1. The maximum atomic E-state index is 12.3. The molecule has 1 N–H and O–H groups in total. The molecule has 1 aromatic heterocycles. The number of aromatic nitrogens is 1. The van der Waals surface area contributed by atoms with Gasteiger partial charge in [0, 0.05) is 37.9 Å². The van der Waals surface area contributed by atoms with Crippen LogP contribution in [0.5, 0.6) is 0 Å². The molecule has 4 nitrogen and oxygen atoms in total. The fraction of sp³-hybridized carbons (Fsp3) is 0.471. The SMILES string of the molecule is CCOCCCCNCCn1ccc2ccccc2c1=O. The maximum Gasteiger partial charge on any atom is 0.258 e. The molecule has 0 bridgehead atoms. The Morgan fingerprint density at radius 3 is 2.86 bits per heavy atom. The highest BCUT2D eigenvalue weighted by Gasteiger charge is 2.01. The standard InChI is InChI=1S/C17H24N2O2/c1-2-21-14-6-5-10-18-11-13-19-12-9-15-7-3-4-8-16(15)17(19)20/h3-4,7-9,12,18H,2,5-6,10-11,13-14H2,1H3. The highest BCUT2D eigenvalue weighted by atomic mass is 16.5. The van der Waals surface area contributed by atoms with Crippen molar-refractivity contribution in [1.82, 2.24) is 9.88 Å². The summed E-state index contributed by atoms with van der Waals surface area (Å²) in [5.41, 5.74) is 0.0891. The van der Waals surface area contributed by atoms with Gasteiger partial charge < -0.3 is 14.6 Å². The zero-order valence-electron chi connectivity index (χ0n) is 12.7. The fourth-order valence-corrected chi connectivity index (χ4v) is 2.33. The summed E-state index contributed by atoms with van der Waals surface area (Å²) in [5, 5.41) is 5.16. The molecule has 0 saturated carbocycles. The van der Waals surface area contributed by atoms with E-state index >= 15 is 0 Å². The van der Waals surface area contributed by atoms with Crippen LogP contribution in [0, 0.1) is 0 Å². The summed E-state index contributed by atoms with van der Waals surface area (Å²) in [6, 6.07) is 9.71. The van der Waals surface area contributed by atoms with Crippen LogP contribution in [-0.2, 0) is 11.3 Å². The van der Waals surface area contributed by atoms with Gasteiger partial charge in [0.15, 0.2) is 0 Å². The molecule has 0 atom stereocenters. The lowest BCUT2D eigenvalue weighted by atomic mass is 10.2. The topological polar surface area (TPSA) is 43.3 Å². The van der Waals surface area contributed by atoms with Crippen molar-refractivity contribution in [3.8, 4) is 0 Å². The van der Waals surface area contributed by atoms with E-state index in [4.69, 9.17) is 4.74 Å². The molecule has 0 radical (unpaired) electrons. The van der Waals surface area contributed by atoms with Crippen LogP contribution in [0.1, 0.15) is 19.8 Å². The number of rotatable bonds is 9. The van der Waals surface area contributed by atoms with Crippen LogP contribution in [0.4, 0.5) is 0 Å². The smallest absolute Gasteiger partial charge is 0.258 e. The molecule has 21 heavy (non-hydrogen) atoms. The van der Waals surface area contributed by atoms with Gasteiger partial charge in [0.25, 0.3) is 5.56 Å². The normalized spacial score (nSPS) is 11.1. The van der Waals surface area contributed by atoms with E-state index in [2.05, 4.69) is 5.32 Å². The summed E-state index contributed by atoms with van der Waals surface area (Å²) in [7, 11) is 0. The second-order valence-electron chi connectivity index (χ2n) is 5.06. The highest BCUT2D eigenvalue weighted by molar-refractivity contribution is 5.81. The fourth-order valence-electron chi connectivity index (χ4n) is 2.33. The summed E-state index contributed by atoms with van der Waals surface area (Å²) in [5.74, 6) is 0. The number of ether oxygens (including phenoxy) is 1. The molecule has 0 unspecified atom stereocenters. The van der Waals surface area contributed by atoms with Crippen molar-refractivity contribution in [1.29, 1.82) is 0 Å². The lowest BCUT2D eigenvalue weighted by Gasteiger charge is -2.08. The van der Waals surface area contributed by atoms with Gasteiger partial charge in [-0.05, 0) is 43.8 Å². The molecule has 0 amide bonds. The molecule has 0 aliphatic carbocycles. The van der Waals surface area contributed by atoms with E-state index in [-0.39, 0.29) is 5.56 Å². The Morgan fingerprint density at radius 2 is 2.00 bits per heavy atom. The Labute approximate surface area is 125 Å². The molecule has 1 aromatic carbocycles. The number of unbranched alkanes of at least 4 members (excludes halogenated alkanes) is 1. The minimum Gasteiger partial charge on any atom is -0.382 e. The Balaban J connectivity index is 1.76.